The maximum absolute atomic E-state index is 5.91. The van der Waals surface area contributed by atoms with Crippen molar-refractivity contribution < 1.29 is 9.47 Å². The molecule has 0 aliphatic carbocycles. The van der Waals surface area contributed by atoms with Gasteiger partial charge < -0.3 is 14.8 Å². The van der Waals surface area contributed by atoms with Crippen molar-refractivity contribution >= 4 is 5.95 Å². The van der Waals surface area contributed by atoms with Gasteiger partial charge in [0.05, 0.1) is 19.3 Å². The Morgan fingerprint density at radius 3 is 2.10 bits per heavy atom. The van der Waals surface area contributed by atoms with Crippen LogP contribution in [-0.4, -0.2) is 29.2 Å². The summed E-state index contributed by atoms with van der Waals surface area (Å²) >= 11 is 0. The molecule has 0 atom stereocenters. The highest BCUT2D eigenvalue weighted by molar-refractivity contribution is 5.40. The van der Waals surface area contributed by atoms with Crippen molar-refractivity contribution in [2.45, 2.75) is 38.8 Å². The summed E-state index contributed by atoms with van der Waals surface area (Å²) < 4.78 is 11.1. The van der Waals surface area contributed by atoms with Crippen LogP contribution >= 0.6 is 0 Å². The Morgan fingerprint density at radius 2 is 1.55 bits per heavy atom. The van der Waals surface area contributed by atoms with Gasteiger partial charge in [-0.15, -0.1) is 0 Å². The highest BCUT2D eigenvalue weighted by atomic mass is 16.5. The van der Waals surface area contributed by atoms with Gasteiger partial charge in [0, 0.05) is 23.4 Å². The maximum Gasteiger partial charge on any atom is 0.222 e. The van der Waals surface area contributed by atoms with Gasteiger partial charge >= 0.3 is 0 Å². The smallest absolute Gasteiger partial charge is 0.222 e. The summed E-state index contributed by atoms with van der Waals surface area (Å²) in [4.78, 5) is 8.68. The standard InChI is InChI=1S/C24H27N3O2/c1-17-4-6-19(7-5-17)24(2,3)20-8-10-22(11-9-20)29-14-18-12-25-23(26-13-18)27-21-15-28-16-21/h4-13,21H,14-16H2,1-3H3,(H,25,26,27). The Bertz CT molecular complexity index is 931. The zero-order valence-electron chi connectivity index (χ0n) is 17.2. The molecular weight excluding hydrogens is 362 g/mol. The van der Waals surface area contributed by atoms with E-state index in [1.165, 1.54) is 16.7 Å². The monoisotopic (exact) mass is 389 g/mol. The fourth-order valence-electron chi connectivity index (χ4n) is 3.28. The fraction of sp³-hybridized carbons (Fsp3) is 0.333. The first-order valence-electron chi connectivity index (χ1n) is 9.96. The topological polar surface area (TPSA) is 56.3 Å². The molecule has 3 aromatic rings. The first-order valence-corrected chi connectivity index (χ1v) is 9.96. The highest BCUT2D eigenvalue weighted by Gasteiger charge is 2.23. The van der Waals surface area contributed by atoms with Crippen molar-refractivity contribution in [3.8, 4) is 5.75 Å². The van der Waals surface area contributed by atoms with Gasteiger partial charge in [0.2, 0.25) is 5.95 Å². The van der Waals surface area contributed by atoms with Crippen molar-refractivity contribution in [2.75, 3.05) is 18.5 Å². The van der Waals surface area contributed by atoms with Crippen LogP contribution in [0.5, 0.6) is 5.75 Å². The number of hydrogen-bond acceptors (Lipinski definition) is 5. The molecule has 1 fully saturated rings. The first-order chi connectivity index (χ1) is 14.0. The molecule has 4 rings (SSSR count). The zero-order chi connectivity index (χ0) is 20.3. The van der Waals surface area contributed by atoms with Crippen molar-refractivity contribution in [3.63, 3.8) is 0 Å². The van der Waals surface area contributed by atoms with Crippen LogP contribution in [0.2, 0.25) is 0 Å². The molecule has 1 N–H and O–H groups in total. The third-order valence-corrected chi connectivity index (χ3v) is 5.43. The number of anilines is 1. The molecule has 5 nitrogen and oxygen atoms in total. The van der Waals surface area contributed by atoms with Gasteiger partial charge in [0.1, 0.15) is 12.4 Å². The van der Waals surface area contributed by atoms with E-state index in [0.29, 0.717) is 31.8 Å². The summed E-state index contributed by atoms with van der Waals surface area (Å²) in [6.45, 7) is 8.47. The van der Waals surface area contributed by atoms with E-state index in [9.17, 15) is 0 Å². The van der Waals surface area contributed by atoms with E-state index < -0.39 is 0 Å². The fourth-order valence-corrected chi connectivity index (χ4v) is 3.28. The van der Waals surface area contributed by atoms with Crippen molar-refractivity contribution in [1.82, 2.24) is 9.97 Å². The van der Waals surface area contributed by atoms with Crippen LogP contribution in [-0.2, 0) is 16.8 Å². The van der Waals surface area contributed by atoms with Gasteiger partial charge in [-0.05, 0) is 30.2 Å². The molecular formula is C24H27N3O2. The third-order valence-electron chi connectivity index (χ3n) is 5.43. The Labute approximate surface area is 172 Å². The SMILES string of the molecule is Cc1ccc(C(C)(C)c2ccc(OCc3cnc(NC4COC4)nc3)cc2)cc1. The summed E-state index contributed by atoms with van der Waals surface area (Å²) in [6, 6.07) is 17.4. The number of nitrogens with one attached hydrogen (secondary N) is 1. The lowest BCUT2D eigenvalue weighted by Crippen LogP contribution is -2.40. The molecule has 2 aromatic carbocycles. The second kappa shape index (κ2) is 8.21. The van der Waals surface area contributed by atoms with Gasteiger partial charge in [0.15, 0.2) is 0 Å². The summed E-state index contributed by atoms with van der Waals surface area (Å²) in [5.41, 5.74) is 4.71. The third kappa shape index (κ3) is 4.57. The number of rotatable bonds is 7. The summed E-state index contributed by atoms with van der Waals surface area (Å²) in [7, 11) is 0. The predicted molar refractivity (Wildman–Crippen MR) is 114 cm³/mol. The number of nitrogens with zero attached hydrogens (tertiary/aromatic N) is 2. The highest BCUT2D eigenvalue weighted by Crippen LogP contribution is 2.32. The Morgan fingerprint density at radius 1 is 0.966 bits per heavy atom. The molecule has 1 saturated heterocycles. The average Bonchev–Trinajstić information content (AvgIpc) is 2.71. The number of aromatic nitrogens is 2. The molecule has 150 valence electrons. The maximum atomic E-state index is 5.91. The molecule has 0 saturated carbocycles. The van der Waals surface area contributed by atoms with E-state index in [1.54, 1.807) is 12.4 Å². The minimum atomic E-state index is -0.0611. The van der Waals surface area contributed by atoms with E-state index >= 15 is 0 Å². The number of ether oxygens (including phenoxy) is 2. The van der Waals surface area contributed by atoms with Crippen LogP contribution in [0.4, 0.5) is 5.95 Å². The van der Waals surface area contributed by atoms with Crippen LogP contribution in [0.3, 0.4) is 0 Å². The molecule has 0 spiro atoms. The van der Waals surface area contributed by atoms with Crippen LogP contribution < -0.4 is 10.1 Å². The van der Waals surface area contributed by atoms with E-state index in [4.69, 9.17) is 9.47 Å². The van der Waals surface area contributed by atoms with E-state index in [2.05, 4.69) is 72.5 Å². The number of aryl methyl sites for hydroxylation is 1. The molecule has 1 aliphatic rings. The van der Waals surface area contributed by atoms with E-state index in [-0.39, 0.29) is 5.41 Å². The van der Waals surface area contributed by atoms with E-state index in [1.807, 2.05) is 12.1 Å². The Kier molecular flexibility index (Phi) is 5.49. The van der Waals surface area contributed by atoms with Gasteiger partial charge in [0.25, 0.3) is 0 Å². The molecule has 0 radical (unpaired) electrons. The quantitative estimate of drug-likeness (QED) is 0.645. The minimum absolute atomic E-state index is 0.0611. The predicted octanol–water partition coefficient (Wildman–Crippen LogP) is 4.50. The molecule has 1 aromatic heterocycles. The van der Waals surface area contributed by atoms with Gasteiger partial charge in [-0.1, -0.05) is 55.8 Å². The Hall–Kier alpha value is -2.92. The minimum Gasteiger partial charge on any atom is -0.489 e. The zero-order valence-corrected chi connectivity index (χ0v) is 17.2. The lowest BCUT2D eigenvalue weighted by molar-refractivity contribution is 0.0208. The van der Waals surface area contributed by atoms with Crippen LogP contribution in [0, 0.1) is 6.92 Å². The normalized spacial score (nSPS) is 14.3. The van der Waals surface area contributed by atoms with Gasteiger partial charge in [-0.25, -0.2) is 9.97 Å². The lowest BCUT2D eigenvalue weighted by atomic mass is 9.78. The van der Waals surface area contributed by atoms with Gasteiger partial charge in [-0.2, -0.15) is 0 Å². The molecule has 0 bridgehead atoms. The molecule has 5 heteroatoms. The summed E-state index contributed by atoms with van der Waals surface area (Å²) in [6.07, 6.45) is 3.59. The van der Waals surface area contributed by atoms with Crippen LogP contribution in [0.25, 0.3) is 0 Å². The lowest BCUT2D eigenvalue weighted by Gasteiger charge is -2.26. The molecule has 29 heavy (non-hydrogen) atoms. The van der Waals surface area contributed by atoms with Crippen molar-refractivity contribution in [1.29, 1.82) is 0 Å². The average molecular weight is 389 g/mol. The first kappa shape index (κ1) is 19.4. The molecule has 0 amide bonds. The van der Waals surface area contributed by atoms with Gasteiger partial charge in [-0.3, -0.25) is 0 Å². The van der Waals surface area contributed by atoms with Crippen LogP contribution in [0.1, 0.15) is 36.1 Å². The van der Waals surface area contributed by atoms with Crippen LogP contribution in [0.15, 0.2) is 60.9 Å². The largest absolute Gasteiger partial charge is 0.489 e. The van der Waals surface area contributed by atoms with Crippen molar-refractivity contribution in [3.05, 3.63) is 83.2 Å². The molecule has 1 aliphatic heterocycles. The molecule has 2 heterocycles. The second-order valence-corrected chi connectivity index (χ2v) is 8.10. The number of hydrogen-bond donors (Lipinski definition) is 1. The van der Waals surface area contributed by atoms with E-state index in [0.717, 1.165) is 11.3 Å². The number of benzene rings is 2. The Balaban J connectivity index is 1.36. The summed E-state index contributed by atoms with van der Waals surface area (Å²) in [5.74, 6) is 1.46. The second-order valence-electron chi connectivity index (χ2n) is 8.10. The molecule has 0 unspecified atom stereocenters. The van der Waals surface area contributed by atoms with Crippen molar-refractivity contribution in [2.24, 2.45) is 0 Å². The summed E-state index contributed by atoms with van der Waals surface area (Å²) in [5, 5.41) is 3.23.